The van der Waals surface area contributed by atoms with E-state index in [1.807, 2.05) is 6.92 Å². The Balaban J connectivity index is 2.42. The minimum Gasteiger partial charge on any atom is -0.468 e. The summed E-state index contributed by atoms with van der Waals surface area (Å²) in [6.07, 6.45) is 2.47. The maximum Gasteiger partial charge on any atom is 0.322 e. The largest absolute Gasteiger partial charge is 0.468 e. The number of nitrogens with one attached hydrogen (secondary N) is 1. The highest BCUT2D eigenvalue weighted by atomic mass is 32.2. The van der Waals surface area contributed by atoms with Crippen molar-refractivity contribution in [1.29, 1.82) is 0 Å². The van der Waals surface area contributed by atoms with Gasteiger partial charge in [-0.05, 0) is 26.3 Å². The Kier molecular flexibility index (Phi) is 4.79. The molecular weight excluding hydrogens is 292 g/mol. The van der Waals surface area contributed by atoms with Gasteiger partial charge in [0.05, 0.1) is 16.1 Å². The Labute approximate surface area is 126 Å². The van der Waals surface area contributed by atoms with Crippen LogP contribution in [0.25, 0.3) is 0 Å². The van der Waals surface area contributed by atoms with Crippen molar-refractivity contribution in [3.63, 3.8) is 0 Å². The van der Waals surface area contributed by atoms with E-state index >= 15 is 0 Å². The molecule has 2 rings (SSSR count). The van der Waals surface area contributed by atoms with Crippen molar-refractivity contribution < 1.29 is 9.34 Å². The number of hydrogen-bond donors (Lipinski definition) is 1. The third-order valence-electron chi connectivity index (χ3n) is 2.76. The van der Waals surface area contributed by atoms with Crippen LogP contribution in [-0.2, 0) is 0 Å². The second-order valence-corrected chi connectivity index (χ2v) is 5.44. The topological polar surface area (TPSA) is 94.1 Å². The van der Waals surface area contributed by atoms with Crippen LogP contribution in [0.2, 0.25) is 0 Å². The van der Waals surface area contributed by atoms with E-state index in [-0.39, 0.29) is 5.69 Å². The number of nitro groups is 1. The Morgan fingerprint density at radius 2 is 2.19 bits per heavy atom. The average molecular weight is 308 g/mol. The van der Waals surface area contributed by atoms with Crippen LogP contribution in [0.4, 0.5) is 11.6 Å². The van der Waals surface area contributed by atoms with Gasteiger partial charge >= 0.3 is 5.69 Å². The van der Waals surface area contributed by atoms with E-state index < -0.39 is 4.92 Å². The molecule has 112 valence electrons. The van der Waals surface area contributed by atoms with Crippen molar-refractivity contribution in [3.05, 3.63) is 33.9 Å². The van der Waals surface area contributed by atoms with Crippen LogP contribution < -0.4 is 5.32 Å². The second kappa shape index (κ2) is 6.57. The van der Waals surface area contributed by atoms with Gasteiger partial charge in [-0.1, -0.05) is 18.7 Å². The Hall–Kier alpha value is -2.09. The first-order chi connectivity index (χ1) is 10.0. The molecule has 0 aliphatic rings. The molecule has 7 nitrogen and oxygen atoms in total. The van der Waals surface area contributed by atoms with Gasteiger partial charge in [0.25, 0.3) is 0 Å². The second-order valence-electron chi connectivity index (χ2n) is 4.41. The number of furan rings is 1. The molecule has 8 heteroatoms. The zero-order valence-corrected chi connectivity index (χ0v) is 12.9. The standard InChI is InChI=1S/C13H16N4O3S/c1-4-6-14-13-15-8(2)11(17(18)19)12(16-13)21-10-5-7-20-9(10)3/h5,7H,4,6H2,1-3H3,(H,14,15,16). The summed E-state index contributed by atoms with van der Waals surface area (Å²) in [5.74, 6) is 1.11. The lowest BCUT2D eigenvalue weighted by Crippen LogP contribution is -2.08. The molecule has 2 aromatic rings. The zero-order chi connectivity index (χ0) is 15.4. The number of rotatable bonds is 6. The van der Waals surface area contributed by atoms with Crippen LogP contribution >= 0.6 is 11.8 Å². The Bertz CT molecular complexity index is 657. The van der Waals surface area contributed by atoms with E-state index in [1.54, 1.807) is 26.2 Å². The first kappa shape index (κ1) is 15.3. The van der Waals surface area contributed by atoms with Crippen molar-refractivity contribution in [2.24, 2.45) is 0 Å². The number of anilines is 1. The van der Waals surface area contributed by atoms with Crippen LogP contribution in [0.1, 0.15) is 24.8 Å². The Morgan fingerprint density at radius 3 is 2.76 bits per heavy atom. The maximum atomic E-state index is 11.2. The molecule has 0 bridgehead atoms. The highest BCUT2D eigenvalue weighted by Gasteiger charge is 2.23. The lowest BCUT2D eigenvalue weighted by Gasteiger charge is -2.08. The van der Waals surface area contributed by atoms with Gasteiger partial charge < -0.3 is 9.73 Å². The van der Waals surface area contributed by atoms with Gasteiger partial charge in [0.15, 0.2) is 5.03 Å². The molecular formula is C13H16N4O3S. The first-order valence-electron chi connectivity index (χ1n) is 6.51. The Morgan fingerprint density at radius 1 is 1.43 bits per heavy atom. The van der Waals surface area contributed by atoms with E-state index in [4.69, 9.17) is 4.42 Å². The smallest absolute Gasteiger partial charge is 0.322 e. The van der Waals surface area contributed by atoms with Gasteiger partial charge in [-0.25, -0.2) is 4.98 Å². The van der Waals surface area contributed by atoms with Crippen molar-refractivity contribution >= 4 is 23.4 Å². The fourth-order valence-electron chi connectivity index (χ4n) is 1.72. The van der Waals surface area contributed by atoms with E-state index in [2.05, 4.69) is 15.3 Å². The third-order valence-corrected chi connectivity index (χ3v) is 3.88. The van der Waals surface area contributed by atoms with Gasteiger partial charge in [-0.2, -0.15) is 4.98 Å². The first-order valence-corrected chi connectivity index (χ1v) is 7.33. The minimum absolute atomic E-state index is 0.0670. The van der Waals surface area contributed by atoms with Crippen LogP contribution in [0.15, 0.2) is 26.7 Å². The van der Waals surface area contributed by atoms with Crippen molar-refractivity contribution in [2.75, 3.05) is 11.9 Å². The fraction of sp³-hybridized carbons (Fsp3) is 0.385. The third kappa shape index (κ3) is 3.52. The molecule has 0 spiro atoms. The summed E-state index contributed by atoms with van der Waals surface area (Å²) in [5.41, 5.74) is 0.278. The van der Waals surface area contributed by atoms with E-state index in [1.165, 1.54) is 11.8 Å². The van der Waals surface area contributed by atoms with E-state index in [9.17, 15) is 10.1 Å². The molecule has 1 N–H and O–H groups in total. The van der Waals surface area contributed by atoms with Gasteiger partial charge in [0.2, 0.25) is 5.95 Å². The number of hydrogen-bond acceptors (Lipinski definition) is 7. The number of aryl methyl sites for hydroxylation is 2. The molecule has 2 aromatic heterocycles. The molecule has 21 heavy (non-hydrogen) atoms. The summed E-state index contributed by atoms with van der Waals surface area (Å²) >= 11 is 1.21. The van der Waals surface area contributed by atoms with Gasteiger partial charge in [-0.15, -0.1) is 0 Å². The molecule has 0 unspecified atom stereocenters. The number of nitrogens with zero attached hydrogens (tertiary/aromatic N) is 3. The minimum atomic E-state index is -0.448. The quantitative estimate of drug-likeness (QED) is 0.495. The van der Waals surface area contributed by atoms with E-state index in [0.717, 1.165) is 11.3 Å². The monoisotopic (exact) mass is 308 g/mol. The molecule has 0 amide bonds. The van der Waals surface area contributed by atoms with Gasteiger partial charge in [0, 0.05) is 6.54 Å². The van der Waals surface area contributed by atoms with Gasteiger partial charge in [0.1, 0.15) is 11.5 Å². The number of aromatic nitrogens is 2. The lowest BCUT2D eigenvalue weighted by atomic mass is 10.4. The summed E-state index contributed by atoms with van der Waals surface area (Å²) in [6.45, 7) is 6.16. The summed E-state index contributed by atoms with van der Waals surface area (Å²) in [4.78, 5) is 20.0. The molecule has 0 saturated carbocycles. The summed E-state index contributed by atoms with van der Waals surface area (Å²) in [7, 11) is 0. The molecule has 0 radical (unpaired) electrons. The van der Waals surface area contributed by atoms with Crippen molar-refractivity contribution in [1.82, 2.24) is 9.97 Å². The predicted molar refractivity (Wildman–Crippen MR) is 79.8 cm³/mol. The average Bonchev–Trinajstić information content (AvgIpc) is 2.81. The van der Waals surface area contributed by atoms with Crippen LogP contribution in [0.5, 0.6) is 0 Å². The normalized spacial score (nSPS) is 10.6. The molecule has 0 saturated heterocycles. The van der Waals surface area contributed by atoms with Crippen molar-refractivity contribution in [3.8, 4) is 0 Å². The van der Waals surface area contributed by atoms with Gasteiger partial charge in [-0.3, -0.25) is 10.1 Å². The predicted octanol–water partition coefficient (Wildman–Crippen LogP) is 3.57. The SMILES string of the molecule is CCCNc1nc(C)c([N+](=O)[O-])c(Sc2ccoc2C)n1. The zero-order valence-electron chi connectivity index (χ0n) is 12.0. The summed E-state index contributed by atoms with van der Waals surface area (Å²) in [5, 5.41) is 14.6. The van der Waals surface area contributed by atoms with Crippen LogP contribution in [-0.4, -0.2) is 21.4 Å². The molecule has 2 heterocycles. The molecule has 0 aromatic carbocycles. The highest BCUT2D eigenvalue weighted by Crippen LogP contribution is 2.37. The lowest BCUT2D eigenvalue weighted by molar-refractivity contribution is -0.389. The molecule has 0 aliphatic carbocycles. The van der Waals surface area contributed by atoms with Crippen LogP contribution in [0, 0.1) is 24.0 Å². The maximum absolute atomic E-state index is 11.2. The molecule has 0 atom stereocenters. The van der Waals surface area contributed by atoms with Crippen molar-refractivity contribution in [2.45, 2.75) is 37.1 Å². The highest BCUT2D eigenvalue weighted by molar-refractivity contribution is 7.99. The van der Waals surface area contributed by atoms with E-state index in [0.29, 0.717) is 29.0 Å². The fourth-order valence-corrected chi connectivity index (χ4v) is 2.70. The summed E-state index contributed by atoms with van der Waals surface area (Å²) in [6, 6.07) is 1.76. The summed E-state index contributed by atoms with van der Waals surface area (Å²) < 4.78 is 5.21. The van der Waals surface area contributed by atoms with Crippen LogP contribution in [0.3, 0.4) is 0 Å². The molecule has 0 fully saturated rings. The molecule has 0 aliphatic heterocycles.